The number of nitrogens with zero attached hydrogens (tertiary/aromatic N) is 2. The highest BCUT2D eigenvalue weighted by Crippen LogP contribution is 2.45. The van der Waals surface area contributed by atoms with Crippen LogP contribution in [0.25, 0.3) is 11.0 Å². The van der Waals surface area contributed by atoms with Gasteiger partial charge in [0, 0.05) is 17.0 Å². The fourth-order valence-electron chi connectivity index (χ4n) is 5.69. The number of hydrogen-bond acceptors (Lipinski definition) is 3. The van der Waals surface area contributed by atoms with Crippen molar-refractivity contribution in [2.45, 2.75) is 103 Å². The molecule has 0 unspecified atom stereocenters. The summed E-state index contributed by atoms with van der Waals surface area (Å²) in [6, 6.07) is 1.77. The molecule has 2 aromatic heterocycles. The van der Waals surface area contributed by atoms with E-state index in [1.54, 1.807) is 6.07 Å². The smallest absolute Gasteiger partial charge is 0.399 e. The summed E-state index contributed by atoms with van der Waals surface area (Å²) in [5.41, 5.74) is -0.542. The molecule has 0 amide bonds. The molecule has 9 heteroatoms. The monoisotopic (exact) mass is 468 g/mol. The molecule has 1 fully saturated rings. The number of alkyl halides is 3. The van der Waals surface area contributed by atoms with Gasteiger partial charge in [-0.3, -0.25) is 0 Å². The molecule has 1 aliphatic rings. The molecule has 2 aromatic rings. The fraction of sp³-hybridized carbons (Fsp3) is 0.696. The first kappa shape index (κ1) is 25.3. The minimum atomic E-state index is -4.56. The third-order valence-electron chi connectivity index (χ3n) is 7.74. The maximum Gasteiger partial charge on any atom is 0.496 e. The van der Waals surface area contributed by atoms with E-state index in [0.29, 0.717) is 27.7 Å². The molecule has 1 aliphatic heterocycles. The van der Waals surface area contributed by atoms with Gasteiger partial charge in [0.25, 0.3) is 0 Å². The van der Waals surface area contributed by atoms with Crippen molar-refractivity contribution in [2.75, 3.05) is 0 Å². The summed E-state index contributed by atoms with van der Waals surface area (Å²) in [7, 11) is -3.33. The van der Waals surface area contributed by atoms with E-state index in [2.05, 4.69) is 50.8 Å². The molecule has 0 spiro atoms. The molecule has 3 heterocycles. The van der Waals surface area contributed by atoms with Crippen molar-refractivity contribution in [3.63, 3.8) is 0 Å². The van der Waals surface area contributed by atoms with Gasteiger partial charge in [0.15, 0.2) is 8.24 Å². The first-order chi connectivity index (χ1) is 14.5. The summed E-state index contributed by atoms with van der Waals surface area (Å²) in [5.74, 6) is 0. The molecule has 0 atom stereocenters. The van der Waals surface area contributed by atoms with Gasteiger partial charge in [-0.15, -0.1) is 0 Å². The average molecular weight is 468 g/mol. The van der Waals surface area contributed by atoms with E-state index >= 15 is 0 Å². The Morgan fingerprint density at radius 3 is 1.81 bits per heavy atom. The zero-order valence-electron chi connectivity index (χ0n) is 20.9. The lowest BCUT2D eigenvalue weighted by atomic mass is 9.74. The molecule has 0 N–H and O–H groups in total. The predicted molar refractivity (Wildman–Crippen MR) is 127 cm³/mol. The van der Waals surface area contributed by atoms with Gasteiger partial charge in [0.05, 0.1) is 16.8 Å². The summed E-state index contributed by atoms with van der Waals surface area (Å²) in [6.45, 7) is 20.7. The Morgan fingerprint density at radius 1 is 0.938 bits per heavy atom. The summed E-state index contributed by atoms with van der Waals surface area (Å²) in [6.07, 6.45) is -1.66. The third-order valence-corrected chi connectivity index (χ3v) is 14.5. The molecule has 4 nitrogen and oxygen atoms in total. The maximum absolute atomic E-state index is 14.1. The van der Waals surface area contributed by atoms with E-state index in [9.17, 15) is 13.2 Å². The summed E-state index contributed by atoms with van der Waals surface area (Å²) < 4.78 is 56.7. The van der Waals surface area contributed by atoms with E-state index in [-0.39, 0.29) is 5.46 Å². The van der Waals surface area contributed by atoms with Crippen LogP contribution in [0.4, 0.5) is 13.2 Å². The Balaban J connectivity index is 2.34. The van der Waals surface area contributed by atoms with Crippen molar-refractivity contribution in [1.29, 1.82) is 0 Å². The Hall–Kier alpha value is -1.32. The van der Waals surface area contributed by atoms with Crippen molar-refractivity contribution in [2.24, 2.45) is 0 Å². The Bertz CT molecular complexity index is 961. The quantitative estimate of drug-likeness (QED) is 0.478. The number of rotatable bonds is 5. The largest absolute Gasteiger partial charge is 0.496 e. The molecule has 1 saturated heterocycles. The lowest BCUT2D eigenvalue weighted by Crippen LogP contribution is -2.51. The molecule has 3 rings (SSSR count). The van der Waals surface area contributed by atoms with Crippen LogP contribution in [0.5, 0.6) is 0 Å². The molecular formula is C23H36BF3N2O2Si. The van der Waals surface area contributed by atoms with Crippen LogP contribution >= 0.6 is 0 Å². The second-order valence-electron chi connectivity index (χ2n) is 10.9. The van der Waals surface area contributed by atoms with Gasteiger partial charge in [-0.1, -0.05) is 41.5 Å². The first-order valence-corrected chi connectivity index (χ1v) is 13.6. The molecule has 0 aliphatic carbocycles. The highest BCUT2D eigenvalue weighted by atomic mass is 28.3. The number of halogens is 3. The van der Waals surface area contributed by atoms with E-state index in [0.717, 1.165) is 6.20 Å². The van der Waals surface area contributed by atoms with Crippen molar-refractivity contribution in [1.82, 2.24) is 9.22 Å². The van der Waals surface area contributed by atoms with Crippen LogP contribution in [0.15, 0.2) is 18.5 Å². The number of pyridine rings is 1. The van der Waals surface area contributed by atoms with Crippen LogP contribution in [0.1, 0.15) is 74.8 Å². The van der Waals surface area contributed by atoms with Gasteiger partial charge < -0.3 is 13.5 Å². The van der Waals surface area contributed by atoms with Crippen molar-refractivity contribution in [3.8, 4) is 0 Å². The van der Waals surface area contributed by atoms with E-state index in [1.165, 1.54) is 0 Å². The van der Waals surface area contributed by atoms with E-state index in [4.69, 9.17) is 9.31 Å². The van der Waals surface area contributed by atoms with Gasteiger partial charge in [-0.25, -0.2) is 4.98 Å². The standard InChI is InChI=1S/C23H36BF3N2O2Si/c1-14(2)32(15(3)4,16(5)6)29-12-11-17-19(18(23(25,26)27)13-28-20(17)29)24-30-21(7,8)22(9,10)31-24/h11-16H,1-10H3. The molecular weight excluding hydrogens is 432 g/mol. The summed E-state index contributed by atoms with van der Waals surface area (Å²) >= 11 is 0. The maximum atomic E-state index is 14.1. The highest BCUT2D eigenvalue weighted by molar-refractivity contribution is 6.82. The highest BCUT2D eigenvalue weighted by Gasteiger charge is 2.55. The molecule has 178 valence electrons. The van der Waals surface area contributed by atoms with Gasteiger partial charge in [0.1, 0.15) is 5.65 Å². The summed E-state index contributed by atoms with van der Waals surface area (Å²) in [4.78, 5) is 4.39. The van der Waals surface area contributed by atoms with Crippen LogP contribution < -0.4 is 5.46 Å². The van der Waals surface area contributed by atoms with Gasteiger partial charge in [-0.2, -0.15) is 13.2 Å². The van der Waals surface area contributed by atoms with Crippen LogP contribution in [-0.4, -0.2) is 35.8 Å². The van der Waals surface area contributed by atoms with Gasteiger partial charge in [0.2, 0.25) is 0 Å². The zero-order valence-corrected chi connectivity index (χ0v) is 21.9. The number of aromatic nitrogens is 2. The second kappa shape index (κ2) is 7.88. The third kappa shape index (κ3) is 3.64. The van der Waals surface area contributed by atoms with Gasteiger partial charge in [-0.05, 0) is 56.6 Å². The summed E-state index contributed by atoms with van der Waals surface area (Å²) in [5, 5.41) is 0.456. The lowest BCUT2D eigenvalue weighted by molar-refractivity contribution is -0.137. The lowest BCUT2D eigenvalue weighted by Gasteiger charge is -2.44. The Morgan fingerprint density at radius 2 is 1.41 bits per heavy atom. The van der Waals surface area contributed by atoms with Crippen molar-refractivity contribution >= 4 is 31.9 Å². The second-order valence-corrected chi connectivity index (χ2v) is 16.7. The number of hydrogen-bond donors (Lipinski definition) is 0. The van der Waals surface area contributed by atoms with Crippen LogP contribution in [-0.2, 0) is 15.5 Å². The van der Waals surface area contributed by atoms with E-state index < -0.39 is 38.3 Å². The molecule has 0 radical (unpaired) electrons. The zero-order chi connectivity index (χ0) is 24.4. The minimum Gasteiger partial charge on any atom is -0.399 e. The van der Waals surface area contributed by atoms with Crippen LogP contribution in [0.2, 0.25) is 16.6 Å². The fourth-order valence-corrected chi connectivity index (χ4v) is 12.2. The minimum absolute atomic E-state index is 0.0269. The number of fused-ring (bicyclic) bond motifs is 1. The van der Waals surface area contributed by atoms with Gasteiger partial charge >= 0.3 is 13.3 Å². The topological polar surface area (TPSA) is 36.3 Å². The normalized spacial score (nSPS) is 19.2. The molecule has 0 aromatic carbocycles. The predicted octanol–water partition coefficient (Wildman–Crippen LogP) is 6.38. The molecule has 0 bridgehead atoms. The first-order valence-electron chi connectivity index (χ1n) is 11.4. The van der Waals surface area contributed by atoms with Crippen LogP contribution in [0, 0.1) is 0 Å². The average Bonchev–Trinajstić information content (AvgIpc) is 3.11. The van der Waals surface area contributed by atoms with Crippen molar-refractivity contribution < 1.29 is 22.5 Å². The van der Waals surface area contributed by atoms with Crippen LogP contribution in [0.3, 0.4) is 0 Å². The SMILES string of the molecule is CC(C)[Si](C(C)C)(C(C)C)n1ccc2c(B3OC(C)(C)C(C)(C)O3)c(C(F)(F)F)cnc21. The molecule has 0 saturated carbocycles. The molecule has 32 heavy (non-hydrogen) atoms. The Kier molecular flexibility index (Phi) is 6.23. The van der Waals surface area contributed by atoms with E-state index in [1.807, 2.05) is 33.9 Å². The van der Waals surface area contributed by atoms with Crippen molar-refractivity contribution in [3.05, 3.63) is 24.0 Å². The Labute approximate surface area is 191 Å².